The summed E-state index contributed by atoms with van der Waals surface area (Å²) in [4.78, 5) is 15.9. The topological polar surface area (TPSA) is 108 Å². The van der Waals surface area contributed by atoms with Crippen molar-refractivity contribution in [3.63, 3.8) is 0 Å². The molecule has 0 aliphatic rings. The third-order valence-electron chi connectivity index (χ3n) is 3.88. The molecule has 7 heteroatoms. The Morgan fingerprint density at radius 2 is 2.12 bits per heavy atom. The van der Waals surface area contributed by atoms with E-state index >= 15 is 0 Å². The first-order chi connectivity index (χ1) is 12.6. The van der Waals surface area contributed by atoms with Gasteiger partial charge in [0.25, 0.3) is 0 Å². The number of amides is 1. The van der Waals surface area contributed by atoms with E-state index in [1.54, 1.807) is 30.3 Å². The number of halogens is 1. The zero-order chi connectivity index (χ0) is 18.5. The van der Waals surface area contributed by atoms with Crippen LogP contribution in [0.2, 0.25) is 5.02 Å². The molecule has 1 amide bonds. The minimum absolute atomic E-state index is 0.364. The first-order valence-corrected chi connectivity index (χ1v) is 8.29. The average molecular weight is 365 g/mol. The minimum Gasteiger partial charge on any atom is -0.366 e. The maximum absolute atomic E-state index is 11.4. The number of aromatic nitrogens is 3. The summed E-state index contributed by atoms with van der Waals surface area (Å²) in [5.41, 5.74) is 7.96. The molecular formula is C19H15ClN5O. The van der Waals surface area contributed by atoms with Gasteiger partial charge in [0.15, 0.2) is 5.82 Å². The highest BCUT2D eigenvalue weighted by Crippen LogP contribution is 2.23. The second kappa shape index (κ2) is 7.81. The van der Waals surface area contributed by atoms with Gasteiger partial charge in [-0.1, -0.05) is 29.8 Å². The van der Waals surface area contributed by atoms with Crippen molar-refractivity contribution in [2.75, 3.05) is 0 Å². The van der Waals surface area contributed by atoms with Crippen LogP contribution in [-0.2, 0) is 6.42 Å². The maximum Gasteiger partial charge on any atom is 0.248 e. The molecule has 0 aliphatic carbocycles. The SMILES string of the molecule is N#Cc1ccc(-c2n[nH]c([CH]CCc3ccccc3C(N)=O)n2)cc1Cl. The van der Waals surface area contributed by atoms with Gasteiger partial charge < -0.3 is 5.73 Å². The molecule has 3 N–H and O–H groups in total. The second-order valence-corrected chi connectivity index (χ2v) is 6.02. The van der Waals surface area contributed by atoms with E-state index in [4.69, 9.17) is 22.6 Å². The summed E-state index contributed by atoms with van der Waals surface area (Å²) in [7, 11) is 0. The second-order valence-electron chi connectivity index (χ2n) is 5.61. The van der Waals surface area contributed by atoms with Gasteiger partial charge in [0, 0.05) is 17.5 Å². The van der Waals surface area contributed by atoms with Crippen LogP contribution in [-0.4, -0.2) is 21.1 Å². The highest BCUT2D eigenvalue weighted by molar-refractivity contribution is 6.32. The third-order valence-corrected chi connectivity index (χ3v) is 4.20. The van der Waals surface area contributed by atoms with E-state index in [-0.39, 0.29) is 0 Å². The Kier molecular flexibility index (Phi) is 5.30. The summed E-state index contributed by atoms with van der Waals surface area (Å²) >= 11 is 6.04. The van der Waals surface area contributed by atoms with Crippen molar-refractivity contribution in [3.05, 3.63) is 76.4 Å². The fraction of sp³-hybridized carbons (Fsp3) is 0.105. The molecule has 0 fully saturated rings. The van der Waals surface area contributed by atoms with E-state index < -0.39 is 5.91 Å². The van der Waals surface area contributed by atoms with Crippen molar-refractivity contribution in [2.45, 2.75) is 12.8 Å². The number of carbonyl (C=O) groups is 1. The molecule has 2 aromatic carbocycles. The minimum atomic E-state index is -0.430. The lowest BCUT2D eigenvalue weighted by molar-refractivity contribution is 0.0999. The number of carbonyl (C=O) groups excluding carboxylic acids is 1. The fourth-order valence-corrected chi connectivity index (χ4v) is 2.81. The van der Waals surface area contributed by atoms with Crippen LogP contribution >= 0.6 is 11.6 Å². The number of aromatic amines is 1. The van der Waals surface area contributed by atoms with Gasteiger partial charge in [0.1, 0.15) is 11.9 Å². The molecule has 0 saturated heterocycles. The fourth-order valence-electron chi connectivity index (χ4n) is 2.58. The molecule has 0 atom stereocenters. The molecule has 0 bridgehead atoms. The van der Waals surface area contributed by atoms with E-state index in [0.717, 1.165) is 11.1 Å². The summed E-state index contributed by atoms with van der Waals surface area (Å²) in [6.07, 6.45) is 3.24. The standard InChI is InChI=1S/C19H15ClN5O/c20-16-10-13(8-9-14(16)11-21)19-23-17(24-25-19)7-3-5-12-4-1-2-6-15(12)18(22)26/h1-2,4,6-10H,3,5H2,(H2,22,26)(H,23,24,25). The van der Waals surface area contributed by atoms with Crippen molar-refractivity contribution in [2.24, 2.45) is 5.73 Å². The molecule has 129 valence electrons. The number of nitrogens with zero attached hydrogens (tertiary/aromatic N) is 3. The summed E-state index contributed by atoms with van der Waals surface area (Å²) < 4.78 is 0. The Hall–Kier alpha value is -3.17. The molecule has 0 aliphatic heterocycles. The number of benzene rings is 2. The largest absolute Gasteiger partial charge is 0.366 e. The number of H-pyrrole nitrogens is 1. The lowest BCUT2D eigenvalue weighted by Crippen LogP contribution is -2.13. The maximum atomic E-state index is 11.4. The van der Waals surface area contributed by atoms with Gasteiger partial charge >= 0.3 is 0 Å². The van der Waals surface area contributed by atoms with E-state index in [2.05, 4.69) is 15.2 Å². The first kappa shape index (κ1) is 17.6. The molecule has 6 nitrogen and oxygen atoms in total. The Balaban J connectivity index is 1.66. The predicted octanol–water partition coefficient (Wildman–Crippen LogP) is 3.28. The van der Waals surface area contributed by atoms with Crippen LogP contribution in [0.15, 0.2) is 42.5 Å². The van der Waals surface area contributed by atoms with Crippen LogP contribution < -0.4 is 5.73 Å². The van der Waals surface area contributed by atoms with Gasteiger partial charge in [0.05, 0.1) is 10.6 Å². The number of hydrogen-bond acceptors (Lipinski definition) is 4. The lowest BCUT2D eigenvalue weighted by atomic mass is 10.0. The number of nitrogens with one attached hydrogen (secondary N) is 1. The Labute approximate surface area is 155 Å². The van der Waals surface area contributed by atoms with Crippen LogP contribution in [0, 0.1) is 17.8 Å². The first-order valence-electron chi connectivity index (χ1n) is 7.92. The number of primary amides is 1. The van der Waals surface area contributed by atoms with Crippen LogP contribution in [0.25, 0.3) is 11.4 Å². The molecule has 1 aromatic heterocycles. The number of nitriles is 1. The van der Waals surface area contributed by atoms with Crippen LogP contribution in [0.5, 0.6) is 0 Å². The summed E-state index contributed by atoms with van der Waals surface area (Å²) in [5.74, 6) is 0.692. The zero-order valence-electron chi connectivity index (χ0n) is 13.7. The molecule has 3 aromatic rings. The quantitative estimate of drug-likeness (QED) is 0.699. The van der Waals surface area contributed by atoms with Crippen LogP contribution in [0.4, 0.5) is 0 Å². The molecule has 0 spiro atoms. The van der Waals surface area contributed by atoms with Crippen molar-refractivity contribution in [1.82, 2.24) is 15.2 Å². The van der Waals surface area contributed by atoms with E-state index in [1.165, 1.54) is 0 Å². The highest BCUT2D eigenvalue weighted by atomic mass is 35.5. The van der Waals surface area contributed by atoms with Gasteiger partial charge in [-0.3, -0.25) is 9.89 Å². The van der Waals surface area contributed by atoms with Crippen LogP contribution in [0.3, 0.4) is 0 Å². The number of nitrogens with two attached hydrogens (primary N) is 1. The number of aryl methyl sites for hydroxylation is 1. The number of rotatable bonds is 6. The van der Waals surface area contributed by atoms with E-state index in [1.807, 2.05) is 24.6 Å². The van der Waals surface area contributed by atoms with Crippen molar-refractivity contribution in [3.8, 4) is 17.5 Å². The monoisotopic (exact) mass is 364 g/mol. The van der Waals surface area contributed by atoms with Gasteiger partial charge in [-0.05, 0) is 42.7 Å². The summed E-state index contributed by atoms with van der Waals surface area (Å²) in [6, 6.07) is 14.3. The van der Waals surface area contributed by atoms with Gasteiger partial charge in [0.2, 0.25) is 5.91 Å². The highest BCUT2D eigenvalue weighted by Gasteiger charge is 2.10. The molecule has 1 radical (unpaired) electrons. The molecule has 3 rings (SSSR count). The van der Waals surface area contributed by atoms with E-state index in [9.17, 15) is 4.79 Å². The lowest BCUT2D eigenvalue weighted by Gasteiger charge is -2.05. The normalized spacial score (nSPS) is 10.5. The summed E-state index contributed by atoms with van der Waals surface area (Å²) in [6.45, 7) is 0. The molecule has 1 heterocycles. The van der Waals surface area contributed by atoms with Gasteiger partial charge in [-0.15, -0.1) is 0 Å². The third kappa shape index (κ3) is 3.90. The molecular weight excluding hydrogens is 350 g/mol. The Bertz CT molecular complexity index is 990. The molecule has 0 unspecified atom stereocenters. The van der Waals surface area contributed by atoms with Crippen molar-refractivity contribution < 1.29 is 4.79 Å². The van der Waals surface area contributed by atoms with Crippen molar-refractivity contribution in [1.29, 1.82) is 5.26 Å². The number of hydrogen-bond donors (Lipinski definition) is 2. The van der Waals surface area contributed by atoms with Gasteiger partial charge in [-0.25, -0.2) is 4.98 Å². The van der Waals surface area contributed by atoms with Crippen LogP contribution in [0.1, 0.15) is 33.7 Å². The predicted molar refractivity (Wildman–Crippen MR) is 98.2 cm³/mol. The average Bonchev–Trinajstić information content (AvgIpc) is 3.11. The summed E-state index contributed by atoms with van der Waals surface area (Å²) in [5, 5.41) is 16.3. The Morgan fingerprint density at radius 1 is 1.31 bits per heavy atom. The molecule has 0 saturated carbocycles. The smallest absolute Gasteiger partial charge is 0.248 e. The van der Waals surface area contributed by atoms with Gasteiger partial charge in [-0.2, -0.15) is 10.4 Å². The zero-order valence-corrected chi connectivity index (χ0v) is 14.5. The molecule has 26 heavy (non-hydrogen) atoms. The van der Waals surface area contributed by atoms with Crippen molar-refractivity contribution >= 4 is 17.5 Å². The Morgan fingerprint density at radius 3 is 2.85 bits per heavy atom. The van der Waals surface area contributed by atoms with E-state index in [0.29, 0.717) is 40.6 Å².